The van der Waals surface area contributed by atoms with Crippen molar-refractivity contribution < 1.29 is 4.74 Å². The lowest BCUT2D eigenvalue weighted by atomic mass is 10.3. The van der Waals surface area contributed by atoms with Crippen LogP contribution in [0.2, 0.25) is 0 Å². The van der Waals surface area contributed by atoms with E-state index in [0.717, 1.165) is 61.6 Å². The molecule has 25 heavy (non-hydrogen) atoms. The van der Waals surface area contributed by atoms with Crippen LogP contribution in [0.1, 0.15) is 19.8 Å². The topological polar surface area (TPSA) is 65.9 Å². The van der Waals surface area contributed by atoms with Gasteiger partial charge in [-0.2, -0.15) is 4.98 Å². The maximum Gasteiger partial charge on any atom is 0.232 e. The molecule has 0 amide bonds. The van der Waals surface area contributed by atoms with Gasteiger partial charge in [0.05, 0.1) is 17.8 Å². The Bertz CT molecular complexity index is 590. The number of methoxy groups -OCH3 is 1. The Hall–Kier alpha value is -0.840. The predicted molar refractivity (Wildman–Crippen MR) is 114 cm³/mol. The largest absolute Gasteiger partial charge is 0.480 e. The molecule has 9 heteroatoms. The van der Waals surface area contributed by atoms with Crippen LogP contribution in [0.4, 0.5) is 5.95 Å². The second kappa shape index (κ2) is 9.75. The van der Waals surface area contributed by atoms with Gasteiger partial charge in [-0.3, -0.25) is 4.99 Å². The first-order valence-electron chi connectivity index (χ1n) is 8.56. The van der Waals surface area contributed by atoms with Crippen molar-refractivity contribution in [3.8, 4) is 5.88 Å². The number of rotatable bonds is 5. The summed E-state index contributed by atoms with van der Waals surface area (Å²) in [6.07, 6.45) is 4.41. The van der Waals surface area contributed by atoms with Crippen LogP contribution in [-0.4, -0.2) is 67.2 Å². The fraction of sp³-hybridized carbons (Fsp3) is 0.688. The van der Waals surface area contributed by atoms with Crippen molar-refractivity contribution in [3.63, 3.8) is 0 Å². The van der Waals surface area contributed by atoms with E-state index in [1.807, 2.05) is 0 Å². The molecule has 140 valence electrons. The minimum absolute atomic E-state index is 0. The molecule has 0 radical (unpaired) electrons. The van der Waals surface area contributed by atoms with Gasteiger partial charge in [0.1, 0.15) is 0 Å². The Morgan fingerprint density at radius 2 is 2.08 bits per heavy atom. The zero-order chi connectivity index (χ0) is 16.9. The zero-order valence-corrected chi connectivity index (χ0v) is 18.7. The van der Waals surface area contributed by atoms with Crippen LogP contribution in [0, 0.1) is 5.92 Å². The summed E-state index contributed by atoms with van der Waals surface area (Å²) >= 11 is 3.39. The molecule has 1 aromatic rings. The van der Waals surface area contributed by atoms with Gasteiger partial charge in [0.25, 0.3) is 0 Å². The highest BCUT2D eigenvalue weighted by Crippen LogP contribution is 2.29. The van der Waals surface area contributed by atoms with Gasteiger partial charge in [0, 0.05) is 39.3 Å². The SMILES string of the molecule is CCNC(=NCC1CC1)N1CCN(c2ncc(Br)c(OC)n2)CC1.I. The number of hydrogen-bond acceptors (Lipinski definition) is 5. The first kappa shape index (κ1) is 20.5. The van der Waals surface area contributed by atoms with Crippen molar-refractivity contribution in [2.24, 2.45) is 10.9 Å². The van der Waals surface area contributed by atoms with E-state index in [0.29, 0.717) is 5.88 Å². The molecule has 2 fully saturated rings. The number of nitrogens with one attached hydrogen (secondary N) is 1. The molecular weight excluding hydrogens is 499 g/mol. The molecule has 0 unspecified atom stereocenters. The van der Waals surface area contributed by atoms with Crippen LogP contribution in [-0.2, 0) is 0 Å². The number of aliphatic imine (C=N–C) groups is 1. The fourth-order valence-corrected chi connectivity index (χ4v) is 3.05. The molecular formula is C16H26BrIN6O. The van der Waals surface area contributed by atoms with E-state index >= 15 is 0 Å². The average molecular weight is 525 g/mol. The molecule has 1 aliphatic carbocycles. The van der Waals surface area contributed by atoms with E-state index in [1.54, 1.807) is 13.3 Å². The lowest BCUT2D eigenvalue weighted by molar-refractivity contribution is 0.366. The maximum absolute atomic E-state index is 5.26. The predicted octanol–water partition coefficient (Wildman–Crippen LogP) is 2.36. The second-order valence-corrected chi connectivity index (χ2v) is 6.99. The third kappa shape index (κ3) is 5.57. The Morgan fingerprint density at radius 3 is 2.68 bits per heavy atom. The van der Waals surface area contributed by atoms with Crippen molar-refractivity contribution in [1.82, 2.24) is 20.2 Å². The molecule has 1 aromatic heterocycles. The van der Waals surface area contributed by atoms with Crippen molar-refractivity contribution in [2.45, 2.75) is 19.8 Å². The second-order valence-electron chi connectivity index (χ2n) is 6.14. The van der Waals surface area contributed by atoms with Crippen LogP contribution in [0.15, 0.2) is 15.7 Å². The van der Waals surface area contributed by atoms with Crippen molar-refractivity contribution in [2.75, 3.05) is 51.3 Å². The summed E-state index contributed by atoms with van der Waals surface area (Å²) in [5, 5.41) is 3.42. The smallest absolute Gasteiger partial charge is 0.232 e. The van der Waals surface area contributed by atoms with Crippen molar-refractivity contribution >= 4 is 51.8 Å². The van der Waals surface area contributed by atoms with Gasteiger partial charge >= 0.3 is 0 Å². The molecule has 1 N–H and O–H groups in total. The van der Waals surface area contributed by atoms with Crippen LogP contribution in [0.5, 0.6) is 5.88 Å². The number of nitrogens with zero attached hydrogens (tertiary/aromatic N) is 5. The number of piperazine rings is 1. The Labute approximate surface area is 174 Å². The third-order valence-corrected chi connectivity index (χ3v) is 4.83. The summed E-state index contributed by atoms with van der Waals surface area (Å²) in [6.45, 7) is 7.55. The van der Waals surface area contributed by atoms with Gasteiger partial charge in [-0.05, 0) is 41.6 Å². The van der Waals surface area contributed by atoms with Crippen LogP contribution < -0.4 is 15.0 Å². The number of halogens is 2. The van der Waals surface area contributed by atoms with Crippen molar-refractivity contribution in [3.05, 3.63) is 10.7 Å². The number of hydrogen-bond donors (Lipinski definition) is 1. The normalized spacial score (nSPS) is 18.0. The summed E-state index contributed by atoms with van der Waals surface area (Å²) in [5.41, 5.74) is 0. The Kier molecular flexibility index (Phi) is 7.98. The molecule has 0 bridgehead atoms. The van der Waals surface area contributed by atoms with Gasteiger partial charge in [0.2, 0.25) is 11.8 Å². The molecule has 2 aliphatic rings. The van der Waals surface area contributed by atoms with Gasteiger partial charge in [0.15, 0.2) is 5.96 Å². The molecule has 1 saturated heterocycles. The van der Waals surface area contributed by atoms with Gasteiger partial charge in [-0.25, -0.2) is 4.98 Å². The Morgan fingerprint density at radius 1 is 1.36 bits per heavy atom. The number of ether oxygens (including phenoxy) is 1. The van der Waals surface area contributed by atoms with Gasteiger partial charge in [-0.1, -0.05) is 0 Å². The molecule has 0 aromatic carbocycles. The standard InChI is InChI=1S/C16H25BrN6O.HI/c1-3-18-15(19-10-12-4-5-12)22-6-8-23(9-7-22)16-20-11-13(17)14(21-16)24-2;/h11-12H,3-10H2,1-2H3,(H,18,19);1H. The molecule has 1 saturated carbocycles. The van der Waals surface area contributed by atoms with E-state index in [2.05, 4.69) is 47.9 Å². The lowest BCUT2D eigenvalue weighted by Crippen LogP contribution is -2.53. The van der Waals surface area contributed by atoms with E-state index in [1.165, 1.54) is 12.8 Å². The summed E-state index contributed by atoms with van der Waals surface area (Å²) in [5.74, 6) is 3.14. The zero-order valence-electron chi connectivity index (χ0n) is 14.7. The highest BCUT2D eigenvalue weighted by molar-refractivity contribution is 14.0. The third-order valence-electron chi connectivity index (χ3n) is 4.29. The van der Waals surface area contributed by atoms with Gasteiger partial charge < -0.3 is 19.9 Å². The summed E-state index contributed by atoms with van der Waals surface area (Å²) in [6, 6.07) is 0. The van der Waals surface area contributed by atoms with Crippen LogP contribution >= 0.6 is 39.9 Å². The first-order chi connectivity index (χ1) is 11.7. The van der Waals surface area contributed by atoms with Crippen LogP contribution in [0.25, 0.3) is 0 Å². The summed E-state index contributed by atoms with van der Waals surface area (Å²) in [4.78, 5) is 18.2. The van der Waals surface area contributed by atoms with Crippen molar-refractivity contribution in [1.29, 1.82) is 0 Å². The lowest BCUT2D eigenvalue weighted by Gasteiger charge is -2.36. The monoisotopic (exact) mass is 524 g/mol. The van der Waals surface area contributed by atoms with Gasteiger partial charge in [-0.15, -0.1) is 24.0 Å². The number of aromatic nitrogens is 2. The molecule has 1 aliphatic heterocycles. The first-order valence-corrected chi connectivity index (χ1v) is 9.35. The highest BCUT2D eigenvalue weighted by Gasteiger charge is 2.24. The molecule has 0 spiro atoms. The molecule has 7 nitrogen and oxygen atoms in total. The van der Waals surface area contributed by atoms with E-state index < -0.39 is 0 Å². The number of anilines is 1. The Balaban J connectivity index is 0.00000225. The quantitative estimate of drug-likeness (QED) is 0.362. The minimum atomic E-state index is 0. The van der Waals surface area contributed by atoms with E-state index in [9.17, 15) is 0 Å². The highest BCUT2D eigenvalue weighted by atomic mass is 127. The maximum atomic E-state index is 5.26. The fourth-order valence-electron chi connectivity index (χ4n) is 2.70. The molecule has 0 atom stereocenters. The molecule has 2 heterocycles. The summed E-state index contributed by atoms with van der Waals surface area (Å²) < 4.78 is 6.04. The molecule has 3 rings (SSSR count). The van der Waals surface area contributed by atoms with E-state index in [-0.39, 0.29) is 24.0 Å². The van der Waals surface area contributed by atoms with E-state index in [4.69, 9.17) is 9.73 Å². The number of guanidine groups is 1. The average Bonchev–Trinajstić information content (AvgIpc) is 3.44. The van der Waals surface area contributed by atoms with Crippen LogP contribution in [0.3, 0.4) is 0 Å². The minimum Gasteiger partial charge on any atom is -0.480 e. The summed E-state index contributed by atoms with van der Waals surface area (Å²) in [7, 11) is 1.62.